The number of morpholine rings is 1. The number of hydrogen-bond donors (Lipinski definition) is 1. The second-order valence-electron chi connectivity index (χ2n) is 7.82. The highest BCUT2D eigenvalue weighted by atomic mass is 35.5. The van der Waals surface area contributed by atoms with E-state index in [0.29, 0.717) is 53.7 Å². The molecular formula is C22H22Cl2N6O3. The number of nitrogens with one attached hydrogen (secondary N) is 1. The normalized spacial score (nSPS) is 17.4. The molecule has 2 fully saturated rings. The first-order valence-electron chi connectivity index (χ1n) is 10.7. The van der Waals surface area contributed by atoms with Gasteiger partial charge in [-0.25, -0.2) is 9.97 Å². The summed E-state index contributed by atoms with van der Waals surface area (Å²) < 4.78 is 12.5. The molecule has 0 aliphatic carbocycles. The molecule has 11 heteroatoms. The van der Waals surface area contributed by atoms with Gasteiger partial charge in [-0.2, -0.15) is 5.10 Å². The molecule has 2 aromatic heterocycles. The van der Waals surface area contributed by atoms with Crippen molar-refractivity contribution in [2.75, 3.05) is 43.2 Å². The second-order valence-corrected chi connectivity index (χ2v) is 8.58. The first-order valence-corrected chi connectivity index (χ1v) is 11.4. The fourth-order valence-electron chi connectivity index (χ4n) is 3.93. The summed E-state index contributed by atoms with van der Waals surface area (Å²) in [5, 5.41) is 8.37. The summed E-state index contributed by atoms with van der Waals surface area (Å²) in [5.41, 5.74) is 2.75. The number of rotatable bonds is 5. The minimum Gasteiger partial charge on any atom is -0.381 e. The Labute approximate surface area is 200 Å². The van der Waals surface area contributed by atoms with Gasteiger partial charge in [0.2, 0.25) is 5.95 Å². The molecule has 4 heterocycles. The Kier molecular flexibility index (Phi) is 6.45. The molecule has 2 aliphatic rings. The van der Waals surface area contributed by atoms with Crippen LogP contribution in [0.2, 0.25) is 10.2 Å². The van der Waals surface area contributed by atoms with Crippen molar-refractivity contribution in [2.45, 2.75) is 18.9 Å². The van der Waals surface area contributed by atoms with Crippen molar-refractivity contribution in [3.63, 3.8) is 0 Å². The summed E-state index contributed by atoms with van der Waals surface area (Å²) in [4.78, 5) is 22.6. The van der Waals surface area contributed by atoms with Crippen molar-refractivity contribution in [1.82, 2.24) is 19.7 Å². The number of carbonyl (C=O) groups excluding carboxylic acids is 1. The minimum atomic E-state index is -0.0502. The molecular weight excluding hydrogens is 467 g/mol. The highest BCUT2D eigenvalue weighted by molar-refractivity contribution is 6.35. The number of ether oxygens (including phenoxy) is 2. The quantitative estimate of drug-likeness (QED) is 0.577. The molecule has 1 aromatic carbocycles. The molecule has 9 nitrogen and oxygen atoms in total. The number of amides is 1. The van der Waals surface area contributed by atoms with Crippen molar-refractivity contribution < 1.29 is 14.3 Å². The molecule has 2 saturated heterocycles. The molecule has 33 heavy (non-hydrogen) atoms. The maximum Gasteiger partial charge on any atom is 0.253 e. The molecule has 0 saturated carbocycles. The Balaban J connectivity index is 1.35. The van der Waals surface area contributed by atoms with Gasteiger partial charge in [-0.05, 0) is 37.1 Å². The fourth-order valence-corrected chi connectivity index (χ4v) is 4.34. The van der Waals surface area contributed by atoms with Gasteiger partial charge in [0.25, 0.3) is 5.91 Å². The van der Waals surface area contributed by atoms with E-state index in [1.165, 1.54) is 6.20 Å². The van der Waals surface area contributed by atoms with E-state index in [-0.39, 0.29) is 18.6 Å². The van der Waals surface area contributed by atoms with Crippen LogP contribution >= 0.6 is 23.2 Å². The third-order valence-electron chi connectivity index (χ3n) is 5.67. The summed E-state index contributed by atoms with van der Waals surface area (Å²) in [5.74, 6) is 0.324. The zero-order chi connectivity index (χ0) is 22.8. The van der Waals surface area contributed by atoms with Crippen LogP contribution in [0.3, 0.4) is 0 Å². The number of benzene rings is 1. The van der Waals surface area contributed by atoms with Crippen LogP contribution < -0.4 is 10.2 Å². The van der Waals surface area contributed by atoms with Gasteiger partial charge in [-0.1, -0.05) is 23.2 Å². The van der Waals surface area contributed by atoms with Gasteiger partial charge in [0, 0.05) is 37.3 Å². The average Bonchev–Trinajstić information content (AvgIpc) is 3.23. The maximum atomic E-state index is 12.0. The van der Waals surface area contributed by atoms with Crippen LogP contribution in [0, 0.1) is 0 Å². The largest absolute Gasteiger partial charge is 0.381 e. The van der Waals surface area contributed by atoms with Gasteiger partial charge in [0.05, 0.1) is 35.1 Å². The van der Waals surface area contributed by atoms with Crippen LogP contribution in [0.25, 0.3) is 11.3 Å². The number of aromatic nitrogens is 4. The highest BCUT2D eigenvalue weighted by Crippen LogP contribution is 2.34. The third kappa shape index (κ3) is 4.81. The molecule has 2 aliphatic heterocycles. The smallest absolute Gasteiger partial charge is 0.253 e. The monoisotopic (exact) mass is 488 g/mol. The fraction of sp³-hybridized carbons (Fsp3) is 0.364. The summed E-state index contributed by atoms with van der Waals surface area (Å²) in [6, 6.07) is 7.71. The number of halogens is 2. The summed E-state index contributed by atoms with van der Waals surface area (Å²) in [6.45, 7) is 2.59. The summed E-state index contributed by atoms with van der Waals surface area (Å²) in [7, 11) is 0. The standard InChI is InChI=1S/C22H22Cl2N6O3/c23-18-11-25-22(26-14-1-3-15(4-2-14)29-7-10-33-13-19(29)31)27-20(18)17-12-30(28-21(17)24)16-5-8-32-9-6-16/h1-4,11-12,16H,5-10,13H2,(H,25,26,27). The van der Waals surface area contributed by atoms with Gasteiger partial charge in [0.15, 0.2) is 5.15 Å². The van der Waals surface area contributed by atoms with Crippen LogP contribution in [-0.2, 0) is 14.3 Å². The van der Waals surface area contributed by atoms with E-state index >= 15 is 0 Å². The van der Waals surface area contributed by atoms with Crippen LogP contribution in [0.15, 0.2) is 36.7 Å². The molecule has 5 rings (SSSR count). The highest BCUT2D eigenvalue weighted by Gasteiger charge is 2.22. The minimum absolute atomic E-state index is 0.0502. The van der Waals surface area contributed by atoms with Crippen LogP contribution in [-0.4, -0.2) is 58.6 Å². The lowest BCUT2D eigenvalue weighted by Crippen LogP contribution is -2.41. The number of hydrogen-bond acceptors (Lipinski definition) is 7. The molecule has 0 unspecified atom stereocenters. The molecule has 3 aromatic rings. The molecule has 0 spiro atoms. The predicted octanol–water partition coefficient (Wildman–Crippen LogP) is 4.11. The van der Waals surface area contributed by atoms with E-state index in [4.69, 9.17) is 32.7 Å². The van der Waals surface area contributed by atoms with E-state index in [9.17, 15) is 4.79 Å². The first-order chi connectivity index (χ1) is 16.1. The zero-order valence-corrected chi connectivity index (χ0v) is 19.2. The Morgan fingerprint density at radius 3 is 2.61 bits per heavy atom. The van der Waals surface area contributed by atoms with Crippen molar-refractivity contribution in [3.05, 3.63) is 46.8 Å². The van der Waals surface area contributed by atoms with Gasteiger partial charge < -0.3 is 19.7 Å². The molecule has 0 radical (unpaired) electrons. The lowest BCUT2D eigenvalue weighted by Gasteiger charge is -2.26. The van der Waals surface area contributed by atoms with Crippen LogP contribution in [0.1, 0.15) is 18.9 Å². The molecule has 1 amide bonds. The maximum absolute atomic E-state index is 12.0. The van der Waals surface area contributed by atoms with E-state index in [1.807, 2.05) is 35.1 Å². The molecule has 0 bridgehead atoms. The zero-order valence-electron chi connectivity index (χ0n) is 17.7. The Morgan fingerprint density at radius 2 is 1.85 bits per heavy atom. The van der Waals surface area contributed by atoms with Crippen molar-refractivity contribution >= 4 is 46.4 Å². The molecule has 0 atom stereocenters. The summed E-state index contributed by atoms with van der Waals surface area (Å²) in [6.07, 6.45) is 5.18. The Morgan fingerprint density at radius 1 is 1.06 bits per heavy atom. The van der Waals surface area contributed by atoms with Crippen molar-refractivity contribution in [1.29, 1.82) is 0 Å². The predicted molar refractivity (Wildman–Crippen MR) is 125 cm³/mol. The van der Waals surface area contributed by atoms with Gasteiger partial charge >= 0.3 is 0 Å². The Bertz CT molecular complexity index is 1150. The van der Waals surface area contributed by atoms with Crippen LogP contribution in [0.5, 0.6) is 0 Å². The lowest BCUT2D eigenvalue weighted by atomic mass is 10.1. The second kappa shape index (κ2) is 9.64. The third-order valence-corrected chi connectivity index (χ3v) is 6.23. The van der Waals surface area contributed by atoms with E-state index < -0.39 is 0 Å². The molecule has 172 valence electrons. The van der Waals surface area contributed by atoms with Gasteiger partial charge in [0.1, 0.15) is 6.61 Å². The average molecular weight is 489 g/mol. The van der Waals surface area contributed by atoms with Crippen molar-refractivity contribution in [3.8, 4) is 11.3 Å². The van der Waals surface area contributed by atoms with Crippen LogP contribution in [0.4, 0.5) is 17.3 Å². The number of carbonyl (C=O) groups is 1. The van der Waals surface area contributed by atoms with Crippen molar-refractivity contribution in [2.24, 2.45) is 0 Å². The Hall–Kier alpha value is -2.72. The molecule has 1 N–H and O–H groups in total. The van der Waals surface area contributed by atoms with E-state index in [2.05, 4.69) is 20.4 Å². The SMILES string of the molecule is O=C1COCCN1c1ccc(Nc2ncc(Cl)c(-c3cn(C4CCOCC4)nc3Cl)n2)cc1. The first kappa shape index (κ1) is 22.1. The summed E-state index contributed by atoms with van der Waals surface area (Å²) >= 11 is 12.8. The number of nitrogens with zero attached hydrogens (tertiary/aromatic N) is 5. The van der Waals surface area contributed by atoms with E-state index in [1.54, 1.807) is 4.90 Å². The number of anilines is 3. The van der Waals surface area contributed by atoms with E-state index in [0.717, 1.165) is 24.2 Å². The van der Waals surface area contributed by atoms with Gasteiger partial charge in [-0.15, -0.1) is 0 Å². The van der Waals surface area contributed by atoms with Gasteiger partial charge in [-0.3, -0.25) is 9.48 Å². The lowest BCUT2D eigenvalue weighted by molar-refractivity contribution is -0.125. The topological polar surface area (TPSA) is 94.4 Å².